The number of carbonyl (C=O) groups is 3. The number of amides is 3. The maximum absolute atomic E-state index is 12.1. The molecule has 1 unspecified atom stereocenters. The van der Waals surface area contributed by atoms with E-state index in [1.807, 2.05) is 0 Å². The van der Waals surface area contributed by atoms with E-state index in [0.29, 0.717) is 30.1 Å². The molecule has 7 nitrogen and oxygen atoms in total. The second kappa shape index (κ2) is 6.46. The van der Waals surface area contributed by atoms with E-state index in [9.17, 15) is 14.4 Å². The van der Waals surface area contributed by atoms with Crippen molar-refractivity contribution in [1.29, 1.82) is 0 Å². The number of nitrogens with one attached hydrogen (secondary N) is 2. The minimum Gasteiger partial charge on any atom is -0.479 e. The van der Waals surface area contributed by atoms with Gasteiger partial charge in [-0.3, -0.25) is 14.4 Å². The van der Waals surface area contributed by atoms with Crippen molar-refractivity contribution in [3.63, 3.8) is 0 Å². The number of ether oxygens (including phenoxy) is 1. The van der Waals surface area contributed by atoms with Crippen LogP contribution in [-0.4, -0.2) is 44.0 Å². The van der Waals surface area contributed by atoms with Gasteiger partial charge in [-0.1, -0.05) is 0 Å². The summed E-state index contributed by atoms with van der Waals surface area (Å²) in [5, 5.41) is 5.29. The summed E-state index contributed by atoms with van der Waals surface area (Å²) in [6, 6.07) is 4.94. The molecule has 0 radical (unpaired) electrons. The van der Waals surface area contributed by atoms with Crippen LogP contribution in [0.2, 0.25) is 0 Å². The van der Waals surface area contributed by atoms with E-state index in [4.69, 9.17) is 4.74 Å². The minimum absolute atomic E-state index is 0.144. The molecule has 2 rings (SSSR count). The van der Waals surface area contributed by atoms with E-state index in [2.05, 4.69) is 10.6 Å². The molecule has 0 spiro atoms. The van der Waals surface area contributed by atoms with Crippen molar-refractivity contribution in [2.45, 2.75) is 20.0 Å². The van der Waals surface area contributed by atoms with Crippen LogP contribution in [0.15, 0.2) is 18.2 Å². The highest BCUT2D eigenvalue weighted by atomic mass is 16.5. The zero-order chi connectivity index (χ0) is 16.3. The molecule has 22 heavy (non-hydrogen) atoms. The lowest BCUT2D eigenvalue weighted by Crippen LogP contribution is -2.42. The molecule has 0 saturated heterocycles. The number of nitrogens with zero attached hydrogens (tertiary/aromatic N) is 1. The second-order valence-corrected chi connectivity index (χ2v) is 5.08. The average Bonchev–Trinajstić information content (AvgIpc) is 2.48. The first kappa shape index (κ1) is 15.8. The number of carbonyl (C=O) groups excluding carboxylic acids is 3. The van der Waals surface area contributed by atoms with E-state index in [1.165, 1.54) is 11.8 Å². The molecule has 1 aliphatic rings. The van der Waals surface area contributed by atoms with Gasteiger partial charge in [-0.25, -0.2) is 0 Å². The number of fused-ring (bicyclic) bond motifs is 1. The lowest BCUT2D eigenvalue weighted by molar-refractivity contribution is -0.125. The highest BCUT2D eigenvalue weighted by molar-refractivity contribution is 6.02. The van der Waals surface area contributed by atoms with Gasteiger partial charge in [0.2, 0.25) is 5.91 Å². The molecule has 0 bridgehead atoms. The molecular formula is C15H19N3O4. The molecule has 2 N–H and O–H groups in total. The summed E-state index contributed by atoms with van der Waals surface area (Å²) in [6.45, 7) is 3.80. The molecular weight excluding hydrogens is 286 g/mol. The van der Waals surface area contributed by atoms with Crippen molar-refractivity contribution in [2.75, 3.05) is 25.0 Å². The van der Waals surface area contributed by atoms with Crippen LogP contribution in [0.4, 0.5) is 5.69 Å². The van der Waals surface area contributed by atoms with Crippen molar-refractivity contribution in [2.24, 2.45) is 0 Å². The van der Waals surface area contributed by atoms with E-state index >= 15 is 0 Å². The Labute approximate surface area is 128 Å². The molecule has 0 aliphatic carbocycles. The number of likely N-dealkylation sites (N-methyl/N-ethyl adjacent to an activating group) is 1. The molecule has 0 aromatic heterocycles. The Bertz CT molecular complexity index is 615. The highest BCUT2D eigenvalue weighted by Crippen LogP contribution is 2.33. The van der Waals surface area contributed by atoms with E-state index in [1.54, 1.807) is 32.2 Å². The van der Waals surface area contributed by atoms with E-state index in [0.717, 1.165) is 0 Å². The van der Waals surface area contributed by atoms with E-state index in [-0.39, 0.29) is 17.7 Å². The number of rotatable bonds is 4. The van der Waals surface area contributed by atoms with Crippen LogP contribution >= 0.6 is 0 Å². The number of anilines is 1. The van der Waals surface area contributed by atoms with Gasteiger partial charge in [-0.05, 0) is 25.1 Å². The highest BCUT2D eigenvalue weighted by Gasteiger charge is 2.29. The number of benzene rings is 1. The first-order valence-corrected chi connectivity index (χ1v) is 7.01. The maximum Gasteiger partial charge on any atom is 0.267 e. The van der Waals surface area contributed by atoms with Crippen LogP contribution < -0.4 is 20.3 Å². The molecule has 1 aromatic carbocycles. The summed E-state index contributed by atoms with van der Waals surface area (Å²) in [7, 11) is 1.65. The summed E-state index contributed by atoms with van der Waals surface area (Å²) >= 11 is 0. The SMILES string of the molecule is CC(=O)NCCNC(=O)c1ccc2c(c1)N(C)C(=O)C(C)O2. The second-order valence-electron chi connectivity index (χ2n) is 5.08. The van der Waals surface area contributed by atoms with Gasteiger partial charge >= 0.3 is 0 Å². The smallest absolute Gasteiger partial charge is 0.267 e. The molecule has 1 heterocycles. The third-order valence-electron chi connectivity index (χ3n) is 3.35. The lowest BCUT2D eigenvalue weighted by Gasteiger charge is -2.30. The summed E-state index contributed by atoms with van der Waals surface area (Å²) in [5.41, 5.74) is 0.997. The monoisotopic (exact) mass is 305 g/mol. The van der Waals surface area contributed by atoms with Crippen molar-refractivity contribution < 1.29 is 19.1 Å². The first-order chi connectivity index (χ1) is 10.4. The lowest BCUT2D eigenvalue weighted by atomic mass is 10.1. The van der Waals surface area contributed by atoms with Crippen LogP contribution in [-0.2, 0) is 9.59 Å². The van der Waals surface area contributed by atoms with Gasteiger partial charge in [0.25, 0.3) is 11.8 Å². The molecule has 0 fully saturated rings. The minimum atomic E-state index is -0.533. The fourth-order valence-corrected chi connectivity index (χ4v) is 2.17. The van der Waals surface area contributed by atoms with Crippen molar-refractivity contribution in [1.82, 2.24) is 10.6 Å². The largest absolute Gasteiger partial charge is 0.479 e. The van der Waals surface area contributed by atoms with Gasteiger partial charge in [0.1, 0.15) is 5.75 Å². The summed E-state index contributed by atoms with van der Waals surface area (Å²) in [6.07, 6.45) is -0.533. The molecule has 0 saturated carbocycles. The van der Waals surface area contributed by atoms with Gasteiger partial charge in [-0.15, -0.1) is 0 Å². The third-order valence-corrected chi connectivity index (χ3v) is 3.35. The Morgan fingerprint density at radius 1 is 1.27 bits per heavy atom. The van der Waals surface area contributed by atoms with Crippen LogP contribution in [0.1, 0.15) is 24.2 Å². The maximum atomic E-state index is 12.1. The molecule has 1 atom stereocenters. The van der Waals surface area contributed by atoms with Crippen LogP contribution in [0.25, 0.3) is 0 Å². The fraction of sp³-hybridized carbons (Fsp3) is 0.400. The summed E-state index contributed by atoms with van der Waals surface area (Å²) < 4.78 is 5.50. The summed E-state index contributed by atoms with van der Waals surface area (Å²) in [5.74, 6) is 0.00201. The Hall–Kier alpha value is -2.57. The number of hydrogen-bond donors (Lipinski definition) is 2. The normalized spacial score (nSPS) is 16.6. The quantitative estimate of drug-likeness (QED) is 0.783. The van der Waals surface area contributed by atoms with Gasteiger partial charge < -0.3 is 20.3 Å². The Kier molecular flexibility index (Phi) is 4.65. The first-order valence-electron chi connectivity index (χ1n) is 7.01. The average molecular weight is 305 g/mol. The predicted octanol–water partition coefficient (Wildman–Crippen LogP) is 0.296. The molecule has 1 aliphatic heterocycles. The van der Waals surface area contributed by atoms with Crippen LogP contribution in [0.3, 0.4) is 0 Å². The van der Waals surface area contributed by atoms with Gasteiger partial charge in [0, 0.05) is 32.6 Å². The molecule has 3 amide bonds. The standard InChI is InChI=1S/C15H19N3O4/c1-9-15(21)18(3)12-8-11(4-5-13(12)22-9)14(20)17-7-6-16-10(2)19/h4-5,8-9H,6-7H2,1-3H3,(H,16,19)(H,17,20). The summed E-state index contributed by atoms with van der Waals surface area (Å²) in [4.78, 5) is 36.2. The zero-order valence-electron chi connectivity index (χ0n) is 12.8. The van der Waals surface area contributed by atoms with Crippen molar-refractivity contribution >= 4 is 23.4 Å². The fourth-order valence-electron chi connectivity index (χ4n) is 2.17. The molecule has 1 aromatic rings. The van der Waals surface area contributed by atoms with Crippen LogP contribution in [0, 0.1) is 0 Å². The Morgan fingerprint density at radius 3 is 2.64 bits per heavy atom. The van der Waals surface area contributed by atoms with Gasteiger partial charge in [0.15, 0.2) is 6.10 Å². The Balaban J connectivity index is 2.06. The van der Waals surface area contributed by atoms with Gasteiger partial charge in [0.05, 0.1) is 5.69 Å². The third kappa shape index (κ3) is 3.36. The molecule has 118 valence electrons. The van der Waals surface area contributed by atoms with Crippen LogP contribution in [0.5, 0.6) is 5.75 Å². The van der Waals surface area contributed by atoms with Crippen molar-refractivity contribution in [3.8, 4) is 5.75 Å². The zero-order valence-corrected chi connectivity index (χ0v) is 12.8. The van der Waals surface area contributed by atoms with E-state index < -0.39 is 6.10 Å². The topological polar surface area (TPSA) is 87.7 Å². The van der Waals surface area contributed by atoms with Crippen molar-refractivity contribution in [3.05, 3.63) is 23.8 Å². The molecule has 7 heteroatoms. The predicted molar refractivity (Wildman–Crippen MR) is 81.0 cm³/mol. The number of hydrogen-bond acceptors (Lipinski definition) is 4. The van der Waals surface area contributed by atoms with Gasteiger partial charge in [-0.2, -0.15) is 0 Å². The Morgan fingerprint density at radius 2 is 1.95 bits per heavy atom.